The molecule has 0 spiro atoms. The molecule has 0 fully saturated rings. The fraction of sp³-hybridized carbons (Fsp3) is 0.222. The van der Waals surface area contributed by atoms with Gasteiger partial charge in [0.2, 0.25) is 0 Å². The van der Waals surface area contributed by atoms with Crippen molar-refractivity contribution >= 4 is 5.97 Å². The van der Waals surface area contributed by atoms with Gasteiger partial charge in [-0.25, -0.2) is 18.6 Å². The maximum Gasteiger partial charge on any atom is 0.354 e. The molecule has 0 aromatic carbocycles. The highest BCUT2D eigenvalue weighted by molar-refractivity contribution is 5.87. The Morgan fingerprint density at radius 2 is 2.27 bits per heavy atom. The van der Waals surface area contributed by atoms with Gasteiger partial charge in [-0.1, -0.05) is 0 Å². The zero-order chi connectivity index (χ0) is 11.6. The number of aromatic nitrogens is 1. The second kappa shape index (κ2) is 4.00. The summed E-state index contributed by atoms with van der Waals surface area (Å²) in [5.74, 6) is -1.34. The lowest BCUT2D eigenvalue weighted by molar-refractivity contribution is 0.0688. The van der Waals surface area contributed by atoms with E-state index in [1.165, 1.54) is 13.0 Å². The molecule has 1 N–H and O–H groups in total. The summed E-state index contributed by atoms with van der Waals surface area (Å²) in [6.07, 6.45) is -2.84. The number of aryl methyl sites for hydroxylation is 1. The number of aromatic carboxylic acids is 1. The Morgan fingerprint density at radius 3 is 2.67 bits per heavy atom. The third-order valence-corrected chi connectivity index (χ3v) is 1.79. The molecule has 0 radical (unpaired) electrons. The first kappa shape index (κ1) is 11.0. The van der Waals surface area contributed by atoms with Gasteiger partial charge in [0, 0.05) is 0 Å². The lowest BCUT2D eigenvalue weighted by Gasteiger charge is -2.05. The first-order valence-corrected chi connectivity index (χ1v) is 3.90. The summed E-state index contributed by atoms with van der Waals surface area (Å²) in [6.45, 7) is 1.35. The number of nitrogens with zero attached hydrogens (tertiary/aromatic N) is 2. The predicted octanol–water partition coefficient (Wildman–Crippen LogP) is 1.90. The summed E-state index contributed by atoms with van der Waals surface area (Å²) < 4.78 is 24.8. The zero-order valence-electron chi connectivity index (χ0n) is 7.66. The molecule has 6 heteroatoms. The fourth-order valence-corrected chi connectivity index (χ4v) is 1.11. The molecule has 0 aliphatic rings. The van der Waals surface area contributed by atoms with Crippen LogP contribution in [0.3, 0.4) is 0 Å². The van der Waals surface area contributed by atoms with E-state index >= 15 is 0 Å². The molecule has 0 unspecified atom stereocenters. The maximum absolute atomic E-state index is 12.4. The van der Waals surface area contributed by atoms with Crippen molar-refractivity contribution < 1.29 is 18.7 Å². The third kappa shape index (κ3) is 2.07. The number of carboxylic acids is 1. The number of halogens is 2. The fourth-order valence-electron chi connectivity index (χ4n) is 1.11. The van der Waals surface area contributed by atoms with Crippen molar-refractivity contribution in [2.75, 3.05) is 0 Å². The van der Waals surface area contributed by atoms with E-state index in [0.29, 0.717) is 0 Å². The Bertz CT molecular complexity index is 452. The Kier molecular flexibility index (Phi) is 2.95. The second-order valence-electron chi connectivity index (χ2n) is 2.81. The van der Waals surface area contributed by atoms with Crippen LogP contribution in [0.15, 0.2) is 6.07 Å². The third-order valence-electron chi connectivity index (χ3n) is 1.79. The molecule has 78 valence electrons. The van der Waals surface area contributed by atoms with Crippen LogP contribution in [0.5, 0.6) is 0 Å². The van der Waals surface area contributed by atoms with Gasteiger partial charge in [-0.15, -0.1) is 0 Å². The quantitative estimate of drug-likeness (QED) is 0.812. The van der Waals surface area contributed by atoms with E-state index < -0.39 is 23.7 Å². The Hall–Kier alpha value is -2.03. The number of hydrogen-bond donors (Lipinski definition) is 1. The SMILES string of the molecule is Cc1cc(C(F)F)c(C#N)nc1C(=O)O. The molecule has 1 aromatic rings. The van der Waals surface area contributed by atoms with Crippen LogP contribution in [0.1, 0.15) is 33.7 Å². The minimum absolute atomic E-state index is 0.108. The number of carbonyl (C=O) groups is 1. The first-order chi connectivity index (χ1) is 6.97. The monoisotopic (exact) mass is 212 g/mol. The van der Waals surface area contributed by atoms with Crippen molar-refractivity contribution in [3.8, 4) is 6.07 Å². The molecule has 0 saturated carbocycles. The molecule has 0 bridgehead atoms. The van der Waals surface area contributed by atoms with Gasteiger partial charge in [0.05, 0.1) is 5.56 Å². The lowest BCUT2D eigenvalue weighted by atomic mass is 10.1. The van der Waals surface area contributed by atoms with E-state index in [1.807, 2.05) is 0 Å². The summed E-state index contributed by atoms with van der Waals surface area (Å²) in [6, 6.07) is 2.42. The van der Waals surface area contributed by atoms with Crippen molar-refractivity contribution in [2.24, 2.45) is 0 Å². The molecule has 4 nitrogen and oxygen atoms in total. The highest BCUT2D eigenvalue weighted by atomic mass is 19.3. The van der Waals surface area contributed by atoms with Gasteiger partial charge < -0.3 is 5.11 Å². The van der Waals surface area contributed by atoms with Crippen molar-refractivity contribution in [2.45, 2.75) is 13.3 Å². The van der Waals surface area contributed by atoms with E-state index in [4.69, 9.17) is 10.4 Å². The predicted molar refractivity (Wildman–Crippen MR) is 45.6 cm³/mol. The Morgan fingerprint density at radius 1 is 1.67 bits per heavy atom. The lowest BCUT2D eigenvalue weighted by Crippen LogP contribution is -2.07. The molecule has 0 aliphatic carbocycles. The number of nitriles is 1. The zero-order valence-corrected chi connectivity index (χ0v) is 7.66. The number of rotatable bonds is 2. The summed E-state index contributed by atoms with van der Waals surface area (Å²) in [7, 11) is 0. The van der Waals surface area contributed by atoms with Crippen LogP contribution in [-0.2, 0) is 0 Å². The molecule has 0 amide bonds. The topological polar surface area (TPSA) is 74.0 Å². The van der Waals surface area contributed by atoms with E-state index in [-0.39, 0.29) is 11.3 Å². The summed E-state index contributed by atoms with van der Waals surface area (Å²) >= 11 is 0. The van der Waals surface area contributed by atoms with Crippen LogP contribution in [0, 0.1) is 18.3 Å². The van der Waals surface area contributed by atoms with E-state index in [1.54, 1.807) is 0 Å². The van der Waals surface area contributed by atoms with Gasteiger partial charge in [-0.2, -0.15) is 5.26 Å². The van der Waals surface area contributed by atoms with Gasteiger partial charge in [-0.05, 0) is 18.6 Å². The van der Waals surface area contributed by atoms with Gasteiger partial charge in [0.1, 0.15) is 11.8 Å². The average Bonchev–Trinajstić information content (AvgIpc) is 2.16. The maximum atomic E-state index is 12.4. The molecule has 1 aromatic heterocycles. The first-order valence-electron chi connectivity index (χ1n) is 3.90. The van der Waals surface area contributed by atoms with Gasteiger partial charge in [0.25, 0.3) is 6.43 Å². The van der Waals surface area contributed by atoms with Crippen LogP contribution < -0.4 is 0 Å². The molecular weight excluding hydrogens is 206 g/mol. The van der Waals surface area contributed by atoms with Crippen LogP contribution in [0.2, 0.25) is 0 Å². The normalized spacial score (nSPS) is 10.1. The molecule has 0 aliphatic heterocycles. The van der Waals surface area contributed by atoms with Crippen molar-refractivity contribution in [3.63, 3.8) is 0 Å². The molecule has 1 heterocycles. The highest BCUT2D eigenvalue weighted by Gasteiger charge is 2.19. The van der Waals surface area contributed by atoms with E-state index in [2.05, 4.69) is 4.98 Å². The standard InChI is InChI=1S/C9H6F2N2O2/c1-4-2-5(8(10)11)6(3-12)13-7(4)9(14)15/h2,8H,1H3,(H,14,15). The van der Waals surface area contributed by atoms with Crippen molar-refractivity contribution in [3.05, 3.63) is 28.6 Å². The molecule has 0 saturated heterocycles. The van der Waals surface area contributed by atoms with Gasteiger partial charge >= 0.3 is 5.97 Å². The second-order valence-corrected chi connectivity index (χ2v) is 2.81. The molecule has 1 rings (SSSR count). The molecule has 0 atom stereocenters. The molecule has 15 heavy (non-hydrogen) atoms. The van der Waals surface area contributed by atoms with E-state index in [0.717, 1.165) is 6.07 Å². The summed E-state index contributed by atoms with van der Waals surface area (Å²) in [4.78, 5) is 14.0. The molecular formula is C9H6F2N2O2. The Labute approximate surface area is 83.8 Å². The highest BCUT2D eigenvalue weighted by Crippen LogP contribution is 2.23. The average molecular weight is 212 g/mol. The van der Waals surface area contributed by atoms with Crippen molar-refractivity contribution in [1.29, 1.82) is 5.26 Å². The van der Waals surface area contributed by atoms with E-state index in [9.17, 15) is 13.6 Å². The minimum atomic E-state index is -2.84. The summed E-state index contributed by atoms with van der Waals surface area (Å²) in [5.41, 5.74) is -1.36. The number of hydrogen-bond acceptors (Lipinski definition) is 3. The number of pyridine rings is 1. The minimum Gasteiger partial charge on any atom is -0.477 e. The van der Waals surface area contributed by atoms with Crippen LogP contribution in [0.4, 0.5) is 8.78 Å². The number of carboxylic acid groups (broad SMARTS) is 1. The number of alkyl halides is 2. The van der Waals surface area contributed by atoms with Crippen LogP contribution in [-0.4, -0.2) is 16.1 Å². The Balaban J connectivity index is 3.44. The summed E-state index contributed by atoms with van der Waals surface area (Å²) in [5, 5.41) is 17.2. The smallest absolute Gasteiger partial charge is 0.354 e. The largest absolute Gasteiger partial charge is 0.477 e. The van der Waals surface area contributed by atoms with Gasteiger partial charge in [-0.3, -0.25) is 0 Å². The van der Waals surface area contributed by atoms with Gasteiger partial charge in [0.15, 0.2) is 5.69 Å². The van der Waals surface area contributed by atoms with Crippen LogP contribution >= 0.6 is 0 Å². The van der Waals surface area contributed by atoms with Crippen molar-refractivity contribution in [1.82, 2.24) is 4.98 Å². The van der Waals surface area contributed by atoms with Crippen LogP contribution in [0.25, 0.3) is 0 Å².